The highest BCUT2D eigenvalue weighted by molar-refractivity contribution is 6.38. The van der Waals surface area contributed by atoms with Crippen molar-refractivity contribution < 1.29 is 38.6 Å². The van der Waals surface area contributed by atoms with Gasteiger partial charge >= 0.3 is 6.03 Å². The number of carboxylic acid groups (broad SMARTS) is 1. The number of hydrogen-bond acceptors (Lipinski definition) is 9. The number of unbranched alkanes of at least 4 members (excludes halogenated alkanes) is 4. The number of nitrogens with one attached hydrogen (secondary N) is 4. The second-order valence-electron chi connectivity index (χ2n) is 20.3. The van der Waals surface area contributed by atoms with Crippen LogP contribution < -0.4 is 27.0 Å². The molecule has 0 saturated carbocycles. The van der Waals surface area contributed by atoms with E-state index in [1.54, 1.807) is 19.1 Å². The monoisotopic (exact) mass is 934 g/mol. The van der Waals surface area contributed by atoms with E-state index in [1.807, 2.05) is 34.6 Å². The number of Topliss-reactive ketones (excluding diaryl/α,β-unsaturated/α-hetero) is 1. The lowest BCUT2D eigenvalue weighted by molar-refractivity contribution is -0.140. The Morgan fingerprint density at radius 2 is 1.59 bits per heavy atom. The van der Waals surface area contributed by atoms with Crippen LogP contribution in [0, 0.1) is 28.1 Å². The number of piperidine rings is 1. The van der Waals surface area contributed by atoms with Gasteiger partial charge in [-0.3, -0.25) is 28.9 Å². The van der Waals surface area contributed by atoms with Gasteiger partial charge in [0, 0.05) is 52.8 Å². The van der Waals surface area contributed by atoms with Crippen molar-refractivity contribution >= 4 is 36.0 Å². The van der Waals surface area contributed by atoms with E-state index < -0.39 is 35.2 Å². The van der Waals surface area contributed by atoms with Gasteiger partial charge in [-0.05, 0) is 73.2 Å². The Kier molecular flexibility index (Phi) is 33.2. The number of carbonyl (C=O) groups is 6. The van der Waals surface area contributed by atoms with Gasteiger partial charge in [0.05, 0.1) is 6.04 Å². The van der Waals surface area contributed by atoms with Gasteiger partial charge in [0.15, 0.2) is 0 Å². The molecular weight excluding hydrogens is 839 g/mol. The van der Waals surface area contributed by atoms with E-state index in [0.717, 1.165) is 51.6 Å². The summed E-state index contributed by atoms with van der Waals surface area (Å²) in [4.78, 5) is 77.3. The highest BCUT2D eigenvalue weighted by Crippen LogP contribution is 2.35. The van der Waals surface area contributed by atoms with Crippen molar-refractivity contribution in [3.8, 4) is 0 Å². The summed E-state index contributed by atoms with van der Waals surface area (Å²) in [6, 6.07) is -2.24. The van der Waals surface area contributed by atoms with Crippen LogP contribution in [-0.2, 0) is 28.7 Å². The summed E-state index contributed by atoms with van der Waals surface area (Å²) in [5, 5.41) is 18.3. The number of hydrogen-bond donors (Lipinski definition) is 6. The lowest BCUT2D eigenvalue weighted by atomic mass is 9.80. The normalized spacial score (nSPS) is 19.2. The largest absolute Gasteiger partial charge is 0.483 e. The molecular formula is C51H95N7O8. The van der Waals surface area contributed by atoms with Crippen LogP contribution in [0.25, 0.3) is 0 Å². The Bertz CT molecular complexity index is 1490. The Morgan fingerprint density at radius 1 is 0.970 bits per heavy atom. The second-order valence-corrected chi connectivity index (χ2v) is 20.3. The van der Waals surface area contributed by atoms with E-state index in [0.29, 0.717) is 44.2 Å². The molecule has 6 atom stereocenters. The number of nitrogens with two attached hydrogens (primary N) is 1. The van der Waals surface area contributed by atoms with Crippen molar-refractivity contribution in [2.24, 2.45) is 33.8 Å². The van der Waals surface area contributed by atoms with E-state index in [9.17, 15) is 24.0 Å². The fourth-order valence-electron chi connectivity index (χ4n) is 7.46. The number of amides is 5. The minimum absolute atomic E-state index is 0.0274. The summed E-state index contributed by atoms with van der Waals surface area (Å²) in [6.45, 7) is 31.0. The molecule has 6 unspecified atom stereocenters. The van der Waals surface area contributed by atoms with Crippen molar-refractivity contribution in [1.29, 1.82) is 0 Å². The van der Waals surface area contributed by atoms with Gasteiger partial charge in [0.1, 0.15) is 12.3 Å². The molecule has 0 spiro atoms. The molecule has 382 valence electrons. The van der Waals surface area contributed by atoms with Crippen LogP contribution in [-0.4, -0.2) is 122 Å². The minimum Gasteiger partial charge on any atom is -0.483 e. The van der Waals surface area contributed by atoms with Crippen LogP contribution in [0.15, 0.2) is 37.0 Å². The van der Waals surface area contributed by atoms with Crippen molar-refractivity contribution in [2.45, 2.75) is 178 Å². The molecule has 0 radical (unpaired) electrons. The lowest BCUT2D eigenvalue weighted by Crippen LogP contribution is -2.61. The average Bonchev–Trinajstić information content (AvgIpc) is 3.48. The van der Waals surface area contributed by atoms with Gasteiger partial charge in [0.2, 0.25) is 17.6 Å². The Balaban J connectivity index is 0. The fourth-order valence-corrected chi connectivity index (χ4v) is 7.46. The molecule has 15 nitrogen and oxygen atoms in total. The van der Waals surface area contributed by atoms with Crippen molar-refractivity contribution in [3.63, 3.8) is 0 Å². The van der Waals surface area contributed by atoms with Gasteiger partial charge in [0.25, 0.3) is 12.4 Å². The number of methoxy groups -OCH3 is 1. The van der Waals surface area contributed by atoms with Crippen LogP contribution >= 0.6 is 0 Å². The maximum absolute atomic E-state index is 13.7. The zero-order valence-electron chi connectivity index (χ0n) is 43.7. The zero-order valence-corrected chi connectivity index (χ0v) is 43.7. The summed E-state index contributed by atoms with van der Waals surface area (Å²) in [7, 11) is 3.44. The molecule has 0 aromatic heterocycles. The number of likely N-dealkylation sites (N-methyl/N-ethyl adjacent to an activating group) is 1. The summed E-state index contributed by atoms with van der Waals surface area (Å²) >= 11 is 0. The Hall–Kier alpha value is -4.08. The van der Waals surface area contributed by atoms with Gasteiger partial charge in [-0.2, -0.15) is 0 Å². The van der Waals surface area contributed by atoms with Crippen LogP contribution in [0.1, 0.15) is 154 Å². The summed E-state index contributed by atoms with van der Waals surface area (Å²) < 4.78 is 5.84. The molecule has 66 heavy (non-hydrogen) atoms. The average molecular weight is 934 g/mol. The highest BCUT2D eigenvalue weighted by atomic mass is 16.5. The third-order valence-electron chi connectivity index (χ3n) is 11.7. The predicted molar refractivity (Wildman–Crippen MR) is 269 cm³/mol. The van der Waals surface area contributed by atoms with Crippen LogP contribution in [0.5, 0.6) is 0 Å². The first-order valence-corrected chi connectivity index (χ1v) is 24.3. The molecule has 15 heteroatoms. The number of likely N-dealkylation sites (tertiary alicyclic amines) is 1. The molecule has 2 rings (SSSR count). The molecule has 0 aromatic rings. The van der Waals surface area contributed by atoms with Crippen LogP contribution in [0.4, 0.5) is 4.79 Å². The first-order chi connectivity index (χ1) is 30.9. The molecule has 1 fully saturated rings. The molecule has 2 aliphatic rings. The number of urea groups is 1. The predicted octanol–water partition coefficient (Wildman–Crippen LogP) is 7.61. The van der Waals surface area contributed by atoms with E-state index >= 15 is 0 Å². The molecule has 1 saturated heterocycles. The maximum atomic E-state index is 13.7. The highest BCUT2D eigenvalue weighted by Gasteiger charge is 2.39. The fraction of sp³-hybridized carbons (Fsp3) is 0.765. The number of nitrogens with zero attached hydrogens (tertiary/aromatic N) is 2. The van der Waals surface area contributed by atoms with E-state index in [2.05, 4.69) is 106 Å². The number of allylic oxidation sites excluding steroid dienone is 3. The van der Waals surface area contributed by atoms with Gasteiger partial charge in [-0.1, -0.05) is 139 Å². The van der Waals surface area contributed by atoms with E-state index in [4.69, 9.17) is 20.4 Å². The standard InChI is InChI=1S/C39H72N6O6.C9H15N.C2H6.CH2O2/c1-13-15-16-17-20-28(32(47)34(48)40-23-14-2)41-30(46)21-18-19-24-44(11)35(49)33(38(6,7)8)43-36(50)42-29(37(3,4)5)27-45-25-22-39(9,10)26-31(45)51-12;1-8-4-2-3-5-9(6-8)7-10;1-2;2-1-3/h14,28-29,31,33H,2,13,15-27H2,1,3-12H3,(H,40,48)(H,41,46)(H2,42,43,50);2-5,8-9H,6-7,10H2,1H3;1-2H3;1H,(H,2,3). The summed E-state index contributed by atoms with van der Waals surface area (Å²) in [6.07, 6.45) is 18.6. The van der Waals surface area contributed by atoms with Gasteiger partial charge in [-0.15, -0.1) is 6.58 Å². The maximum Gasteiger partial charge on any atom is 0.315 e. The summed E-state index contributed by atoms with van der Waals surface area (Å²) in [5.41, 5.74) is 4.95. The lowest BCUT2D eigenvalue weighted by Gasteiger charge is -2.45. The van der Waals surface area contributed by atoms with E-state index in [-0.39, 0.29) is 54.4 Å². The SMILES string of the molecule is C=CCNC(=O)C(=O)C(CCCCCC)NC(=O)CCCCN(C)C(=O)C(NC(=O)NC(CN1CCC(C)(C)CC1OC)C(C)(C)C)C(C)(C)C.CC.CC1C=CC=CC(CN)C1.O=CO. The topological polar surface area (TPSA) is 212 Å². The number of ether oxygens (including phenoxy) is 1. The third-order valence-corrected chi connectivity index (χ3v) is 11.7. The molecule has 1 aliphatic carbocycles. The third kappa shape index (κ3) is 27.5. The van der Waals surface area contributed by atoms with Crippen molar-refractivity contribution in [1.82, 2.24) is 31.1 Å². The van der Waals surface area contributed by atoms with Gasteiger partial charge < -0.3 is 41.7 Å². The zero-order chi connectivity index (χ0) is 51.1. The van der Waals surface area contributed by atoms with Crippen LogP contribution in [0.2, 0.25) is 0 Å². The molecule has 0 bridgehead atoms. The van der Waals surface area contributed by atoms with Gasteiger partial charge in [-0.25, -0.2) is 4.79 Å². The summed E-state index contributed by atoms with van der Waals surface area (Å²) in [5.74, 6) is -0.630. The Labute approximate surface area is 400 Å². The number of carbonyl (C=O) groups excluding carboxylic acids is 5. The molecule has 7 N–H and O–H groups in total. The second kappa shape index (κ2) is 34.2. The Morgan fingerprint density at radius 3 is 2.14 bits per heavy atom. The molecule has 1 heterocycles. The first-order valence-electron chi connectivity index (χ1n) is 24.3. The van der Waals surface area contributed by atoms with E-state index in [1.165, 1.54) is 12.5 Å². The number of rotatable bonds is 22. The van der Waals surface area contributed by atoms with Crippen molar-refractivity contribution in [2.75, 3.05) is 46.9 Å². The van der Waals surface area contributed by atoms with Crippen molar-refractivity contribution in [3.05, 3.63) is 37.0 Å². The molecule has 1 aliphatic heterocycles. The first kappa shape index (κ1) is 64.0. The molecule has 5 amide bonds. The molecule has 0 aromatic carbocycles. The smallest absolute Gasteiger partial charge is 0.315 e. The minimum atomic E-state index is -0.875. The van der Waals surface area contributed by atoms with Crippen LogP contribution in [0.3, 0.4) is 0 Å². The number of ketones is 1. The quantitative estimate of drug-likeness (QED) is 0.0271.